The second-order valence-corrected chi connectivity index (χ2v) is 5.07. The molecule has 1 aliphatic rings. The first-order valence-corrected chi connectivity index (χ1v) is 6.47. The highest BCUT2D eigenvalue weighted by atomic mass is 16.6. The Hall–Kier alpha value is -2.11. The molecule has 1 saturated carbocycles. The first-order chi connectivity index (χ1) is 9.47. The van der Waals surface area contributed by atoms with E-state index in [1.54, 1.807) is 19.1 Å². The molecule has 2 rings (SSSR count). The maximum atomic E-state index is 11.5. The summed E-state index contributed by atoms with van der Waals surface area (Å²) in [5.41, 5.74) is -0.0410. The van der Waals surface area contributed by atoms with E-state index in [2.05, 4.69) is 4.74 Å². The summed E-state index contributed by atoms with van der Waals surface area (Å²) in [7, 11) is 1.32. The smallest absolute Gasteiger partial charge is 0.311 e. The average Bonchev–Trinajstić information content (AvgIpc) is 2.37. The molecule has 1 fully saturated rings. The van der Waals surface area contributed by atoms with E-state index in [9.17, 15) is 14.9 Å². The standard InChI is InChI=1S/C14H17NO5/c1-10-5-3-6-11(15(17)18)13(10)20-14(7-4-8-14)9-12(16)19-2/h3,5-6H,4,7-9H2,1-2H3. The zero-order valence-corrected chi connectivity index (χ0v) is 11.5. The Morgan fingerprint density at radius 2 is 2.15 bits per heavy atom. The minimum absolute atomic E-state index is 0.0684. The SMILES string of the molecule is COC(=O)CC1(Oc2c(C)cccc2[N+](=O)[O-])CCC1. The van der Waals surface area contributed by atoms with Gasteiger partial charge in [-0.2, -0.15) is 0 Å². The molecule has 0 amide bonds. The van der Waals surface area contributed by atoms with Crippen LogP contribution in [0.1, 0.15) is 31.2 Å². The van der Waals surface area contributed by atoms with Gasteiger partial charge in [-0.15, -0.1) is 0 Å². The van der Waals surface area contributed by atoms with Crippen LogP contribution in [0, 0.1) is 17.0 Å². The molecule has 1 aromatic rings. The molecular weight excluding hydrogens is 262 g/mol. The van der Waals surface area contributed by atoms with Gasteiger partial charge < -0.3 is 9.47 Å². The van der Waals surface area contributed by atoms with E-state index >= 15 is 0 Å². The van der Waals surface area contributed by atoms with Crippen molar-refractivity contribution in [3.63, 3.8) is 0 Å². The van der Waals surface area contributed by atoms with Crippen LogP contribution in [0.2, 0.25) is 0 Å². The van der Waals surface area contributed by atoms with E-state index < -0.39 is 10.5 Å². The van der Waals surface area contributed by atoms with Crippen molar-refractivity contribution >= 4 is 11.7 Å². The average molecular weight is 279 g/mol. The van der Waals surface area contributed by atoms with Crippen LogP contribution in [0.15, 0.2) is 18.2 Å². The molecule has 0 N–H and O–H groups in total. The lowest BCUT2D eigenvalue weighted by Crippen LogP contribution is -2.45. The van der Waals surface area contributed by atoms with Gasteiger partial charge >= 0.3 is 11.7 Å². The number of methoxy groups -OCH3 is 1. The van der Waals surface area contributed by atoms with E-state index in [-0.39, 0.29) is 23.8 Å². The molecule has 0 saturated heterocycles. The van der Waals surface area contributed by atoms with Crippen molar-refractivity contribution < 1.29 is 19.2 Å². The van der Waals surface area contributed by atoms with Crippen LogP contribution in [0.25, 0.3) is 0 Å². The van der Waals surface area contributed by atoms with Gasteiger partial charge in [0.25, 0.3) is 0 Å². The van der Waals surface area contributed by atoms with Crippen molar-refractivity contribution in [1.82, 2.24) is 0 Å². The van der Waals surface area contributed by atoms with Crippen molar-refractivity contribution in [2.24, 2.45) is 0 Å². The van der Waals surface area contributed by atoms with Crippen molar-refractivity contribution in [2.75, 3.05) is 7.11 Å². The van der Waals surface area contributed by atoms with Gasteiger partial charge in [0.1, 0.15) is 5.60 Å². The number of para-hydroxylation sites is 1. The number of benzene rings is 1. The Balaban J connectivity index is 2.28. The van der Waals surface area contributed by atoms with Crippen molar-refractivity contribution in [3.05, 3.63) is 33.9 Å². The summed E-state index contributed by atoms with van der Waals surface area (Å²) in [6.45, 7) is 1.76. The first-order valence-electron chi connectivity index (χ1n) is 6.47. The van der Waals surface area contributed by atoms with Crippen LogP contribution in [0.5, 0.6) is 5.75 Å². The number of hydrogen-bond acceptors (Lipinski definition) is 5. The van der Waals surface area contributed by atoms with Crippen LogP contribution in [0.3, 0.4) is 0 Å². The first kappa shape index (κ1) is 14.3. The summed E-state index contributed by atoms with van der Waals surface area (Å²) in [5, 5.41) is 11.1. The Kier molecular flexibility index (Phi) is 3.92. The second-order valence-electron chi connectivity index (χ2n) is 5.07. The molecule has 6 nitrogen and oxygen atoms in total. The summed E-state index contributed by atoms with van der Waals surface area (Å²) in [6, 6.07) is 4.79. The number of aryl methyl sites for hydroxylation is 1. The third-order valence-electron chi connectivity index (χ3n) is 3.67. The molecule has 6 heteroatoms. The third kappa shape index (κ3) is 2.74. The fraction of sp³-hybridized carbons (Fsp3) is 0.500. The largest absolute Gasteiger partial charge is 0.479 e. The molecule has 0 radical (unpaired) electrons. The molecule has 0 heterocycles. The number of esters is 1. The Labute approximate surface area is 116 Å². The monoisotopic (exact) mass is 279 g/mol. The maximum absolute atomic E-state index is 11.5. The molecule has 1 aromatic carbocycles. The topological polar surface area (TPSA) is 78.7 Å². The van der Waals surface area contributed by atoms with Crippen molar-refractivity contribution in [1.29, 1.82) is 0 Å². The van der Waals surface area contributed by atoms with Crippen LogP contribution < -0.4 is 4.74 Å². The normalized spacial score (nSPS) is 16.1. The number of ether oxygens (including phenoxy) is 2. The number of carbonyl (C=O) groups is 1. The summed E-state index contributed by atoms with van der Waals surface area (Å²) < 4.78 is 10.6. The quantitative estimate of drug-likeness (QED) is 0.470. The lowest BCUT2D eigenvalue weighted by Gasteiger charge is -2.41. The number of carbonyl (C=O) groups excluding carboxylic acids is 1. The van der Waals surface area contributed by atoms with Gasteiger partial charge in [0.05, 0.1) is 18.5 Å². The van der Waals surface area contributed by atoms with Gasteiger partial charge in [-0.1, -0.05) is 12.1 Å². The molecule has 0 aliphatic heterocycles. The Bertz CT molecular complexity index is 536. The number of nitrogens with zero attached hydrogens (tertiary/aromatic N) is 1. The summed E-state index contributed by atoms with van der Waals surface area (Å²) in [6.07, 6.45) is 2.47. The summed E-state index contributed by atoms with van der Waals surface area (Å²) >= 11 is 0. The van der Waals surface area contributed by atoms with Gasteiger partial charge in [-0.05, 0) is 31.7 Å². The fourth-order valence-corrected chi connectivity index (χ4v) is 2.35. The molecule has 0 aromatic heterocycles. The number of rotatable bonds is 5. The zero-order chi connectivity index (χ0) is 14.8. The van der Waals surface area contributed by atoms with Gasteiger partial charge in [0, 0.05) is 6.07 Å². The lowest BCUT2D eigenvalue weighted by molar-refractivity contribution is -0.386. The molecule has 108 valence electrons. The minimum Gasteiger partial charge on any atom is -0.479 e. The minimum atomic E-state index is -0.663. The van der Waals surface area contributed by atoms with E-state index in [4.69, 9.17) is 4.74 Å². The highest BCUT2D eigenvalue weighted by Crippen LogP contribution is 2.43. The van der Waals surface area contributed by atoms with Crippen molar-refractivity contribution in [2.45, 2.75) is 38.2 Å². The van der Waals surface area contributed by atoms with E-state index in [1.807, 2.05) is 0 Å². The summed E-state index contributed by atoms with van der Waals surface area (Å²) in [4.78, 5) is 22.1. The predicted octanol–water partition coefficient (Wildman–Crippen LogP) is 2.77. The molecule has 0 atom stereocenters. The van der Waals surface area contributed by atoms with Gasteiger partial charge in [-0.3, -0.25) is 14.9 Å². The maximum Gasteiger partial charge on any atom is 0.311 e. The zero-order valence-electron chi connectivity index (χ0n) is 11.5. The number of nitro groups is 1. The summed E-state index contributed by atoms with van der Waals surface area (Å²) in [5.74, 6) is -0.109. The lowest BCUT2D eigenvalue weighted by atomic mass is 9.77. The fourth-order valence-electron chi connectivity index (χ4n) is 2.35. The molecule has 0 unspecified atom stereocenters. The predicted molar refractivity (Wildman–Crippen MR) is 71.7 cm³/mol. The van der Waals surface area contributed by atoms with Crippen LogP contribution in [-0.2, 0) is 9.53 Å². The molecule has 0 bridgehead atoms. The van der Waals surface area contributed by atoms with E-state index in [0.717, 1.165) is 6.42 Å². The Morgan fingerprint density at radius 1 is 1.45 bits per heavy atom. The van der Waals surface area contributed by atoms with Crippen LogP contribution >= 0.6 is 0 Å². The van der Waals surface area contributed by atoms with E-state index in [1.165, 1.54) is 13.2 Å². The molecule has 20 heavy (non-hydrogen) atoms. The van der Waals surface area contributed by atoms with Gasteiger partial charge in [0.15, 0.2) is 0 Å². The molecular formula is C14H17NO5. The highest BCUT2D eigenvalue weighted by Gasteiger charge is 2.43. The second kappa shape index (κ2) is 5.48. The van der Waals surface area contributed by atoms with Gasteiger partial charge in [-0.25, -0.2) is 0 Å². The highest BCUT2D eigenvalue weighted by molar-refractivity contribution is 5.71. The molecule has 0 spiro atoms. The third-order valence-corrected chi connectivity index (χ3v) is 3.67. The van der Waals surface area contributed by atoms with E-state index in [0.29, 0.717) is 18.4 Å². The van der Waals surface area contributed by atoms with Crippen LogP contribution in [-0.4, -0.2) is 23.6 Å². The van der Waals surface area contributed by atoms with Gasteiger partial charge in [0.2, 0.25) is 5.75 Å². The Morgan fingerprint density at radius 3 is 2.65 bits per heavy atom. The molecule has 1 aliphatic carbocycles. The number of hydrogen-bond donors (Lipinski definition) is 0. The number of nitro benzene ring substituents is 1. The van der Waals surface area contributed by atoms with Crippen LogP contribution in [0.4, 0.5) is 5.69 Å². The van der Waals surface area contributed by atoms with Crippen molar-refractivity contribution in [3.8, 4) is 5.75 Å².